The smallest absolute Gasteiger partial charge is 0.123 e. The molecule has 0 unspecified atom stereocenters. The molecule has 20 heavy (non-hydrogen) atoms. The molecular formula is C15H22ClFN2O. The molecule has 1 heterocycles. The Kier molecular flexibility index (Phi) is 6.23. The summed E-state index contributed by atoms with van der Waals surface area (Å²) in [5, 5.41) is 0.632. The Balaban J connectivity index is 1.78. The van der Waals surface area contributed by atoms with Gasteiger partial charge in [-0.25, -0.2) is 4.39 Å². The average molecular weight is 301 g/mol. The molecule has 0 aliphatic carbocycles. The third kappa shape index (κ3) is 4.70. The van der Waals surface area contributed by atoms with Crippen molar-refractivity contribution in [2.75, 3.05) is 26.2 Å². The fourth-order valence-corrected chi connectivity index (χ4v) is 2.65. The van der Waals surface area contributed by atoms with Crippen molar-refractivity contribution in [1.29, 1.82) is 0 Å². The van der Waals surface area contributed by atoms with Crippen LogP contribution in [0.4, 0.5) is 4.39 Å². The van der Waals surface area contributed by atoms with E-state index >= 15 is 0 Å². The van der Waals surface area contributed by atoms with Crippen LogP contribution in [0.25, 0.3) is 0 Å². The molecule has 2 N–H and O–H groups in total. The van der Waals surface area contributed by atoms with Crippen LogP contribution in [0.3, 0.4) is 0 Å². The maximum atomic E-state index is 13.2. The first-order valence-corrected chi connectivity index (χ1v) is 7.55. The fraction of sp³-hybridized carbons (Fsp3) is 0.600. The van der Waals surface area contributed by atoms with Crippen molar-refractivity contribution in [2.24, 2.45) is 5.73 Å². The predicted octanol–water partition coefficient (Wildman–Crippen LogP) is 2.81. The first-order chi connectivity index (χ1) is 9.69. The molecule has 1 aromatic rings. The average Bonchev–Trinajstić information content (AvgIpc) is 2.45. The number of likely N-dealkylation sites (tertiary alicyclic amines) is 1. The highest BCUT2D eigenvalue weighted by Gasteiger charge is 2.20. The highest BCUT2D eigenvalue weighted by molar-refractivity contribution is 6.31. The van der Waals surface area contributed by atoms with E-state index in [0.29, 0.717) is 24.2 Å². The first kappa shape index (κ1) is 15.7. The maximum absolute atomic E-state index is 13.2. The second kappa shape index (κ2) is 7.93. The van der Waals surface area contributed by atoms with Crippen LogP contribution in [-0.2, 0) is 11.3 Å². The number of rotatable bonds is 6. The van der Waals surface area contributed by atoms with Gasteiger partial charge in [-0.1, -0.05) is 11.6 Å². The molecule has 5 heteroatoms. The van der Waals surface area contributed by atoms with E-state index < -0.39 is 0 Å². The van der Waals surface area contributed by atoms with Crippen LogP contribution in [0.15, 0.2) is 18.2 Å². The van der Waals surface area contributed by atoms with Crippen LogP contribution < -0.4 is 5.73 Å². The van der Waals surface area contributed by atoms with Gasteiger partial charge in [0.15, 0.2) is 0 Å². The van der Waals surface area contributed by atoms with Crippen molar-refractivity contribution in [3.63, 3.8) is 0 Å². The lowest BCUT2D eigenvalue weighted by atomic mass is 10.1. The quantitative estimate of drug-likeness (QED) is 0.821. The molecule has 3 nitrogen and oxygen atoms in total. The Hall–Kier alpha value is -0.680. The molecule has 1 aromatic carbocycles. The van der Waals surface area contributed by atoms with Crippen molar-refractivity contribution in [3.8, 4) is 0 Å². The second-order valence-corrected chi connectivity index (χ2v) is 5.63. The predicted molar refractivity (Wildman–Crippen MR) is 79.3 cm³/mol. The monoisotopic (exact) mass is 300 g/mol. The summed E-state index contributed by atoms with van der Waals surface area (Å²) < 4.78 is 19.0. The number of hydrogen-bond donors (Lipinski definition) is 1. The van der Waals surface area contributed by atoms with Crippen LogP contribution >= 0.6 is 11.6 Å². The molecule has 1 fully saturated rings. The molecule has 0 bridgehead atoms. The van der Waals surface area contributed by atoms with Crippen LogP contribution in [0.1, 0.15) is 24.8 Å². The van der Waals surface area contributed by atoms with Gasteiger partial charge in [-0.05, 0) is 49.6 Å². The lowest BCUT2D eigenvalue weighted by molar-refractivity contribution is 0.00562. The number of piperidine rings is 1. The number of halogens is 2. The topological polar surface area (TPSA) is 38.5 Å². The number of ether oxygens (including phenoxy) is 1. The van der Waals surface area contributed by atoms with E-state index in [4.69, 9.17) is 22.1 Å². The number of nitrogens with zero attached hydrogens (tertiary/aromatic N) is 1. The van der Waals surface area contributed by atoms with Gasteiger partial charge in [0.25, 0.3) is 0 Å². The summed E-state index contributed by atoms with van der Waals surface area (Å²) >= 11 is 6.10. The summed E-state index contributed by atoms with van der Waals surface area (Å²) in [4.78, 5) is 2.30. The highest BCUT2D eigenvalue weighted by atomic mass is 35.5. The van der Waals surface area contributed by atoms with Crippen LogP contribution in [0.5, 0.6) is 0 Å². The first-order valence-electron chi connectivity index (χ1n) is 7.17. The van der Waals surface area contributed by atoms with E-state index in [1.807, 2.05) is 0 Å². The normalized spacial score (nSPS) is 17.6. The Morgan fingerprint density at radius 2 is 2.10 bits per heavy atom. The van der Waals surface area contributed by atoms with Gasteiger partial charge in [0.1, 0.15) is 5.82 Å². The van der Waals surface area contributed by atoms with Gasteiger partial charge in [0, 0.05) is 31.3 Å². The third-order valence-corrected chi connectivity index (χ3v) is 4.01. The summed E-state index contributed by atoms with van der Waals surface area (Å²) in [5.74, 6) is -0.232. The molecule has 0 aromatic heterocycles. The highest BCUT2D eigenvalue weighted by Crippen LogP contribution is 2.21. The van der Waals surface area contributed by atoms with E-state index in [1.54, 1.807) is 6.07 Å². The summed E-state index contributed by atoms with van der Waals surface area (Å²) in [6.45, 7) is 4.04. The molecule has 1 aliphatic rings. The number of hydrogen-bond acceptors (Lipinski definition) is 3. The van der Waals surface area contributed by atoms with Gasteiger partial charge in [-0.15, -0.1) is 0 Å². The standard InChI is InChI=1S/C15H22ClFN2O/c16-15-3-2-13(17)10-12(15)11-19-7-4-14(5-8-19)20-9-1-6-18/h2-3,10,14H,1,4-9,11,18H2. The van der Waals surface area contributed by atoms with Crippen LogP contribution in [0, 0.1) is 5.82 Å². The summed E-state index contributed by atoms with van der Waals surface area (Å²) in [6.07, 6.45) is 3.27. The third-order valence-electron chi connectivity index (χ3n) is 3.64. The molecule has 0 amide bonds. The summed E-state index contributed by atoms with van der Waals surface area (Å²) in [7, 11) is 0. The van der Waals surface area contributed by atoms with Gasteiger partial charge >= 0.3 is 0 Å². The minimum Gasteiger partial charge on any atom is -0.378 e. The fourth-order valence-electron chi connectivity index (χ4n) is 2.47. The molecular weight excluding hydrogens is 279 g/mol. The van der Waals surface area contributed by atoms with E-state index in [-0.39, 0.29) is 5.82 Å². The van der Waals surface area contributed by atoms with Gasteiger partial charge in [0.05, 0.1) is 6.10 Å². The zero-order valence-corrected chi connectivity index (χ0v) is 12.4. The Labute approximate surface area is 124 Å². The Bertz CT molecular complexity index is 422. The molecule has 1 saturated heterocycles. The molecule has 112 valence electrons. The van der Waals surface area contributed by atoms with Gasteiger partial charge in [-0.2, -0.15) is 0 Å². The zero-order valence-electron chi connectivity index (χ0n) is 11.7. The van der Waals surface area contributed by atoms with Crippen molar-refractivity contribution in [1.82, 2.24) is 4.90 Å². The molecule has 0 spiro atoms. The van der Waals surface area contributed by atoms with Crippen LogP contribution in [0.2, 0.25) is 5.02 Å². The lowest BCUT2D eigenvalue weighted by Crippen LogP contribution is -2.36. The minimum atomic E-state index is -0.232. The Morgan fingerprint density at radius 3 is 2.80 bits per heavy atom. The van der Waals surface area contributed by atoms with E-state index in [2.05, 4.69) is 4.90 Å². The van der Waals surface area contributed by atoms with Gasteiger partial charge in [-0.3, -0.25) is 4.90 Å². The SMILES string of the molecule is NCCCOC1CCN(Cc2cc(F)ccc2Cl)CC1. The molecule has 2 rings (SSSR count). The number of benzene rings is 1. The summed E-state index contributed by atoms with van der Waals surface area (Å²) in [6, 6.07) is 4.53. The molecule has 0 radical (unpaired) electrons. The van der Waals surface area contributed by atoms with Crippen molar-refractivity contribution >= 4 is 11.6 Å². The van der Waals surface area contributed by atoms with E-state index in [1.165, 1.54) is 12.1 Å². The minimum absolute atomic E-state index is 0.232. The maximum Gasteiger partial charge on any atom is 0.123 e. The molecule has 1 aliphatic heterocycles. The van der Waals surface area contributed by atoms with Gasteiger partial charge in [0.2, 0.25) is 0 Å². The van der Waals surface area contributed by atoms with Crippen molar-refractivity contribution in [3.05, 3.63) is 34.6 Å². The van der Waals surface area contributed by atoms with E-state index in [0.717, 1.165) is 44.5 Å². The summed E-state index contributed by atoms with van der Waals surface area (Å²) in [5.41, 5.74) is 6.30. The Morgan fingerprint density at radius 1 is 1.35 bits per heavy atom. The largest absolute Gasteiger partial charge is 0.378 e. The number of nitrogens with two attached hydrogens (primary N) is 1. The van der Waals surface area contributed by atoms with Crippen molar-refractivity contribution < 1.29 is 9.13 Å². The lowest BCUT2D eigenvalue weighted by Gasteiger charge is -2.32. The van der Waals surface area contributed by atoms with Crippen LogP contribution in [-0.4, -0.2) is 37.2 Å². The second-order valence-electron chi connectivity index (χ2n) is 5.22. The van der Waals surface area contributed by atoms with Gasteiger partial charge < -0.3 is 10.5 Å². The molecule has 0 saturated carbocycles. The van der Waals surface area contributed by atoms with E-state index in [9.17, 15) is 4.39 Å². The molecule has 0 atom stereocenters. The zero-order chi connectivity index (χ0) is 14.4. The van der Waals surface area contributed by atoms with Crippen molar-refractivity contribution in [2.45, 2.75) is 31.9 Å².